The number of benzene rings is 2. The van der Waals surface area contributed by atoms with Gasteiger partial charge in [0.15, 0.2) is 0 Å². The Balaban J connectivity index is 2.24. The highest BCUT2D eigenvalue weighted by Crippen LogP contribution is 2.27. The molecule has 5 nitrogen and oxygen atoms in total. The number of carbonyl (C=O) groups excluding carboxylic acids is 1. The Morgan fingerprint density at radius 2 is 1.90 bits per heavy atom. The average Bonchev–Trinajstić information content (AvgIpc) is 2.40. The number of ether oxygens (including phenoxy) is 1. The fourth-order valence-electron chi connectivity index (χ4n) is 1.79. The molecule has 4 N–H and O–H groups in total. The van der Waals surface area contributed by atoms with E-state index in [0.29, 0.717) is 11.4 Å². The zero-order chi connectivity index (χ0) is 15.4. The number of hydrogen-bond acceptors (Lipinski definition) is 3. The van der Waals surface area contributed by atoms with Gasteiger partial charge in [0.25, 0.3) is 0 Å². The number of hydrogen-bond donors (Lipinski definition) is 3. The number of amides is 1. The summed E-state index contributed by atoms with van der Waals surface area (Å²) in [6, 6.07) is 10.8. The van der Waals surface area contributed by atoms with Crippen LogP contribution in [0, 0.1) is 11.2 Å². The first-order chi connectivity index (χ1) is 9.97. The third kappa shape index (κ3) is 3.56. The molecule has 2 aromatic rings. The Labute approximate surface area is 121 Å². The molecule has 0 atom stereocenters. The summed E-state index contributed by atoms with van der Waals surface area (Å²) in [5, 5.41) is 10.0. The van der Waals surface area contributed by atoms with Crippen LogP contribution in [0.5, 0.6) is 11.5 Å². The normalized spacial score (nSPS) is 10.0. The van der Waals surface area contributed by atoms with Crippen molar-refractivity contribution in [2.75, 3.05) is 5.32 Å². The molecular formula is C15H14FN3O2. The smallest absolute Gasteiger partial charge is 0.221 e. The maximum atomic E-state index is 13.7. The fourth-order valence-corrected chi connectivity index (χ4v) is 1.79. The second-order valence-electron chi connectivity index (χ2n) is 4.33. The molecule has 0 spiro atoms. The van der Waals surface area contributed by atoms with Crippen LogP contribution in [0.15, 0.2) is 42.5 Å². The number of carbonyl (C=O) groups is 1. The Morgan fingerprint density at radius 1 is 1.24 bits per heavy atom. The molecule has 0 radical (unpaired) electrons. The number of rotatable bonds is 4. The van der Waals surface area contributed by atoms with E-state index in [0.717, 1.165) is 0 Å². The number of nitrogen functional groups attached to an aromatic ring is 1. The van der Waals surface area contributed by atoms with Crippen LogP contribution in [-0.4, -0.2) is 11.7 Å². The quantitative estimate of drug-likeness (QED) is 0.596. The van der Waals surface area contributed by atoms with Crippen LogP contribution in [0.25, 0.3) is 0 Å². The molecule has 0 saturated carbocycles. The third-order valence-corrected chi connectivity index (χ3v) is 2.65. The van der Waals surface area contributed by atoms with Crippen LogP contribution < -0.4 is 15.8 Å². The molecule has 0 aliphatic carbocycles. The van der Waals surface area contributed by atoms with Gasteiger partial charge in [-0.15, -0.1) is 0 Å². The zero-order valence-electron chi connectivity index (χ0n) is 11.3. The van der Waals surface area contributed by atoms with E-state index in [1.165, 1.54) is 25.1 Å². The highest BCUT2D eigenvalue weighted by atomic mass is 19.1. The van der Waals surface area contributed by atoms with E-state index in [2.05, 4.69) is 5.32 Å². The number of amidine groups is 1. The minimum atomic E-state index is -0.616. The van der Waals surface area contributed by atoms with Gasteiger partial charge in [0.05, 0.1) is 5.56 Å². The molecular weight excluding hydrogens is 273 g/mol. The highest BCUT2D eigenvalue weighted by molar-refractivity contribution is 5.98. The number of nitrogens with one attached hydrogen (secondary N) is 2. The van der Waals surface area contributed by atoms with Crippen LogP contribution in [-0.2, 0) is 4.79 Å². The minimum absolute atomic E-state index is 0.0802. The van der Waals surface area contributed by atoms with Crippen molar-refractivity contribution in [2.45, 2.75) is 6.92 Å². The maximum Gasteiger partial charge on any atom is 0.221 e. The summed E-state index contributed by atoms with van der Waals surface area (Å²) < 4.78 is 19.2. The van der Waals surface area contributed by atoms with Crippen molar-refractivity contribution >= 4 is 17.4 Å². The highest BCUT2D eigenvalue weighted by Gasteiger charge is 2.13. The summed E-state index contributed by atoms with van der Waals surface area (Å²) in [5.74, 6) is -0.590. The molecule has 0 saturated heterocycles. The van der Waals surface area contributed by atoms with E-state index in [1.54, 1.807) is 24.3 Å². The summed E-state index contributed by atoms with van der Waals surface area (Å²) in [4.78, 5) is 10.9. The van der Waals surface area contributed by atoms with Crippen molar-refractivity contribution in [1.29, 1.82) is 5.41 Å². The van der Waals surface area contributed by atoms with Crippen molar-refractivity contribution in [3.8, 4) is 11.5 Å². The molecule has 21 heavy (non-hydrogen) atoms. The molecule has 0 fully saturated rings. The van der Waals surface area contributed by atoms with Gasteiger partial charge in [-0.05, 0) is 36.4 Å². The van der Waals surface area contributed by atoms with E-state index in [4.69, 9.17) is 15.9 Å². The lowest BCUT2D eigenvalue weighted by Gasteiger charge is -2.11. The van der Waals surface area contributed by atoms with E-state index < -0.39 is 11.7 Å². The van der Waals surface area contributed by atoms with Crippen LogP contribution in [0.1, 0.15) is 12.5 Å². The molecule has 6 heteroatoms. The molecule has 0 aliphatic heterocycles. The number of halogens is 1. The van der Waals surface area contributed by atoms with Crippen molar-refractivity contribution in [2.24, 2.45) is 5.73 Å². The van der Waals surface area contributed by atoms with Gasteiger partial charge in [-0.1, -0.05) is 6.07 Å². The fraction of sp³-hybridized carbons (Fsp3) is 0.0667. The number of anilines is 1. The Bertz CT molecular complexity index is 684. The second kappa shape index (κ2) is 6.04. The second-order valence-corrected chi connectivity index (χ2v) is 4.33. The van der Waals surface area contributed by atoms with E-state index in [-0.39, 0.29) is 17.2 Å². The standard InChI is InChI=1S/C15H14FN3O2/c1-9(20)19-10-5-7-11(8-6-10)21-13-4-2-3-12(16)14(13)15(17)18/h2-8H,1H3,(H3,17,18)(H,19,20). The molecule has 1 amide bonds. The molecule has 0 aromatic heterocycles. The van der Waals surface area contributed by atoms with Gasteiger partial charge >= 0.3 is 0 Å². The lowest BCUT2D eigenvalue weighted by Crippen LogP contribution is -2.14. The van der Waals surface area contributed by atoms with Crippen LogP contribution in [0.2, 0.25) is 0 Å². The van der Waals surface area contributed by atoms with Gasteiger partial charge in [0.1, 0.15) is 23.2 Å². The van der Waals surface area contributed by atoms with Gasteiger partial charge in [0.2, 0.25) is 5.91 Å². The van der Waals surface area contributed by atoms with E-state index in [9.17, 15) is 9.18 Å². The molecule has 0 aliphatic rings. The Morgan fingerprint density at radius 3 is 2.48 bits per heavy atom. The first-order valence-corrected chi connectivity index (χ1v) is 6.16. The summed E-state index contributed by atoms with van der Waals surface area (Å²) in [7, 11) is 0. The van der Waals surface area contributed by atoms with Gasteiger partial charge < -0.3 is 15.8 Å². The lowest BCUT2D eigenvalue weighted by molar-refractivity contribution is -0.114. The molecule has 0 unspecified atom stereocenters. The van der Waals surface area contributed by atoms with Gasteiger partial charge in [-0.2, -0.15) is 0 Å². The first-order valence-electron chi connectivity index (χ1n) is 6.16. The Hall–Kier alpha value is -2.89. The molecule has 2 rings (SSSR count). The monoisotopic (exact) mass is 287 g/mol. The summed E-state index contributed by atoms with van der Waals surface area (Å²) in [6.07, 6.45) is 0. The van der Waals surface area contributed by atoms with Crippen molar-refractivity contribution in [3.63, 3.8) is 0 Å². The molecule has 108 valence electrons. The summed E-state index contributed by atoms with van der Waals surface area (Å²) in [6.45, 7) is 1.41. The van der Waals surface area contributed by atoms with E-state index >= 15 is 0 Å². The predicted octanol–water partition coefficient (Wildman–Crippen LogP) is 2.86. The molecule has 2 aromatic carbocycles. The Kier molecular flexibility index (Phi) is 4.18. The van der Waals surface area contributed by atoms with Crippen LogP contribution in [0.3, 0.4) is 0 Å². The lowest BCUT2D eigenvalue weighted by atomic mass is 10.1. The average molecular weight is 287 g/mol. The van der Waals surface area contributed by atoms with Crippen LogP contribution in [0.4, 0.5) is 10.1 Å². The zero-order valence-corrected chi connectivity index (χ0v) is 11.3. The third-order valence-electron chi connectivity index (χ3n) is 2.65. The largest absolute Gasteiger partial charge is 0.456 e. The number of nitrogens with two attached hydrogens (primary N) is 1. The van der Waals surface area contributed by atoms with Crippen molar-refractivity contribution in [3.05, 3.63) is 53.8 Å². The topological polar surface area (TPSA) is 88.2 Å². The SMILES string of the molecule is CC(=O)Nc1ccc(Oc2cccc(F)c2C(=N)N)cc1. The minimum Gasteiger partial charge on any atom is -0.456 e. The van der Waals surface area contributed by atoms with Crippen LogP contribution >= 0.6 is 0 Å². The van der Waals surface area contributed by atoms with Crippen molar-refractivity contribution in [1.82, 2.24) is 0 Å². The van der Waals surface area contributed by atoms with Gasteiger partial charge in [-0.25, -0.2) is 4.39 Å². The first kappa shape index (κ1) is 14.5. The molecule has 0 heterocycles. The summed E-state index contributed by atoms with van der Waals surface area (Å²) in [5.41, 5.74) is 5.91. The summed E-state index contributed by atoms with van der Waals surface area (Å²) >= 11 is 0. The molecule has 0 bridgehead atoms. The predicted molar refractivity (Wildman–Crippen MR) is 78.2 cm³/mol. The van der Waals surface area contributed by atoms with Gasteiger partial charge in [-0.3, -0.25) is 10.2 Å². The maximum absolute atomic E-state index is 13.7. The van der Waals surface area contributed by atoms with Gasteiger partial charge in [0, 0.05) is 12.6 Å². The van der Waals surface area contributed by atoms with Crippen molar-refractivity contribution < 1.29 is 13.9 Å². The van der Waals surface area contributed by atoms with E-state index in [1.807, 2.05) is 0 Å².